The molecule has 0 aromatic heterocycles. The average Bonchev–Trinajstić information content (AvgIpc) is 2.26. The molecule has 5 heteroatoms. The Morgan fingerprint density at radius 2 is 1.95 bits per heavy atom. The molecular weight excluding hydrogens is 274 g/mol. The lowest BCUT2D eigenvalue weighted by Gasteiger charge is -2.19. The fraction of sp³-hybridized carbons (Fsp3) is 0.533. The zero-order valence-electron chi connectivity index (χ0n) is 12.7. The molecule has 1 aromatic rings. The Morgan fingerprint density at radius 1 is 1.35 bits per heavy atom. The molecule has 1 atom stereocenters. The minimum Gasteiger partial charge on any atom is -0.459 e. The molecule has 0 aliphatic rings. The van der Waals surface area contributed by atoms with E-state index >= 15 is 0 Å². The molecule has 20 heavy (non-hydrogen) atoms. The average molecular weight is 297 g/mol. The fourth-order valence-electron chi connectivity index (χ4n) is 1.62. The number of benzene rings is 1. The summed E-state index contributed by atoms with van der Waals surface area (Å²) < 4.78 is 17.1. The summed E-state index contributed by atoms with van der Waals surface area (Å²) in [5, 5.41) is 0. The van der Waals surface area contributed by atoms with Crippen molar-refractivity contribution in [3.8, 4) is 0 Å². The number of esters is 1. The second kappa shape index (κ2) is 6.39. The summed E-state index contributed by atoms with van der Waals surface area (Å²) in [7, 11) is -1.10. The van der Waals surface area contributed by atoms with Crippen LogP contribution in [-0.2, 0) is 21.3 Å². The van der Waals surface area contributed by atoms with Gasteiger partial charge in [0.05, 0.1) is 11.7 Å². The summed E-state index contributed by atoms with van der Waals surface area (Å²) in [6.45, 7) is 9.28. The Morgan fingerprint density at radius 3 is 2.45 bits per heavy atom. The maximum Gasteiger partial charge on any atom is 0.340 e. The molecule has 0 saturated heterocycles. The molecule has 0 spiro atoms. The molecule has 1 aromatic carbocycles. The van der Waals surface area contributed by atoms with Crippen molar-refractivity contribution in [3.05, 3.63) is 29.3 Å². The van der Waals surface area contributed by atoms with Gasteiger partial charge in [0.15, 0.2) is 0 Å². The van der Waals surface area contributed by atoms with Gasteiger partial charge in [0.25, 0.3) is 0 Å². The molecule has 0 aliphatic heterocycles. The van der Waals surface area contributed by atoms with E-state index < -0.39 is 16.8 Å². The highest BCUT2D eigenvalue weighted by atomic mass is 32.2. The molecule has 0 saturated carbocycles. The first-order valence-electron chi connectivity index (χ1n) is 6.59. The molecule has 0 bridgehead atoms. The van der Waals surface area contributed by atoms with Crippen molar-refractivity contribution in [1.82, 2.24) is 0 Å². The summed E-state index contributed by atoms with van der Waals surface area (Å²) in [5.74, 6) is -0.170. The normalized spacial score (nSPS) is 13.3. The third-order valence-electron chi connectivity index (χ3n) is 2.70. The van der Waals surface area contributed by atoms with Crippen molar-refractivity contribution in [2.45, 2.75) is 51.2 Å². The van der Waals surface area contributed by atoms with Gasteiger partial charge in [-0.3, -0.25) is 4.21 Å². The first-order valence-corrected chi connectivity index (χ1v) is 7.91. The Labute approximate surface area is 123 Å². The molecule has 2 N–H and O–H groups in total. The largest absolute Gasteiger partial charge is 0.459 e. The van der Waals surface area contributed by atoms with Gasteiger partial charge in [-0.05, 0) is 46.2 Å². The first kappa shape index (κ1) is 16.7. The molecule has 1 unspecified atom stereocenters. The van der Waals surface area contributed by atoms with E-state index in [-0.39, 0.29) is 16.6 Å². The van der Waals surface area contributed by atoms with Gasteiger partial charge in [0, 0.05) is 27.0 Å². The highest BCUT2D eigenvalue weighted by Gasteiger charge is 2.24. The molecule has 0 heterocycles. The maximum absolute atomic E-state index is 12.3. The Kier molecular flexibility index (Phi) is 5.34. The summed E-state index contributed by atoms with van der Waals surface area (Å²) in [4.78, 5) is 12.1. The number of rotatable bonds is 4. The predicted octanol–water partition coefficient (Wildman–Crippen LogP) is 2.88. The molecule has 0 fully saturated rings. The zero-order valence-corrected chi connectivity index (χ0v) is 13.5. The van der Waals surface area contributed by atoms with Crippen LogP contribution in [0, 0.1) is 0 Å². The summed E-state index contributed by atoms with van der Waals surface area (Å²) in [5.41, 5.74) is 7.25. The molecule has 112 valence electrons. The lowest BCUT2D eigenvalue weighted by atomic mass is 10.1. The number of carbonyl (C=O) groups excluding carboxylic acids is 1. The van der Waals surface area contributed by atoms with E-state index in [0.29, 0.717) is 16.8 Å². The minimum atomic E-state index is -1.10. The van der Waals surface area contributed by atoms with Crippen molar-refractivity contribution in [1.29, 1.82) is 0 Å². The highest BCUT2D eigenvalue weighted by molar-refractivity contribution is 7.85. The summed E-state index contributed by atoms with van der Waals surface area (Å²) in [6.07, 6.45) is -0.219. The van der Waals surface area contributed by atoms with Crippen molar-refractivity contribution in [2.24, 2.45) is 0 Å². The van der Waals surface area contributed by atoms with Crippen LogP contribution >= 0.6 is 0 Å². The zero-order chi connectivity index (χ0) is 15.5. The lowest BCUT2D eigenvalue weighted by Crippen LogP contribution is -2.24. The second-order valence-electron chi connectivity index (χ2n) is 5.94. The molecule has 0 amide bonds. The number of carbonyl (C=O) groups is 1. The topological polar surface area (TPSA) is 69.4 Å². The van der Waals surface area contributed by atoms with E-state index in [9.17, 15) is 9.00 Å². The standard InChI is InChI=1S/C15H23NO3S/c1-10(2)19-14(17)13-11(7-6-8-12(13)16)9-20(18)15(3,4)5/h6-8,10H,9,16H2,1-5H3. The third kappa shape index (κ3) is 4.34. The van der Waals surface area contributed by atoms with Crippen LogP contribution in [0.3, 0.4) is 0 Å². The molecule has 0 aliphatic carbocycles. The fourth-order valence-corrected chi connectivity index (χ4v) is 2.58. The molecule has 0 radical (unpaired) electrons. The highest BCUT2D eigenvalue weighted by Crippen LogP contribution is 2.23. The van der Waals surface area contributed by atoms with Gasteiger partial charge >= 0.3 is 5.97 Å². The monoisotopic (exact) mass is 297 g/mol. The van der Waals surface area contributed by atoms with Crippen LogP contribution in [0.5, 0.6) is 0 Å². The minimum absolute atomic E-state index is 0.219. The van der Waals surface area contributed by atoms with E-state index in [1.54, 1.807) is 32.0 Å². The van der Waals surface area contributed by atoms with Crippen LogP contribution in [0.15, 0.2) is 18.2 Å². The van der Waals surface area contributed by atoms with Crippen molar-refractivity contribution < 1.29 is 13.7 Å². The van der Waals surface area contributed by atoms with Crippen LogP contribution < -0.4 is 5.73 Å². The molecule has 1 rings (SSSR count). The third-order valence-corrected chi connectivity index (χ3v) is 4.64. The number of hydrogen-bond acceptors (Lipinski definition) is 4. The van der Waals surface area contributed by atoms with E-state index in [4.69, 9.17) is 10.5 Å². The van der Waals surface area contributed by atoms with Crippen LogP contribution in [0.4, 0.5) is 5.69 Å². The van der Waals surface area contributed by atoms with Crippen LogP contribution in [0.1, 0.15) is 50.5 Å². The number of anilines is 1. The van der Waals surface area contributed by atoms with Gasteiger partial charge in [-0.2, -0.15) is 0 Å². The van der Waals surface area contributed by atoms with Crippen molar-refractivity contribution >= 4 is 22.5 Å². The van der Waals surface area contributed by atoms with Crippen molar-refractivity contribution in [2.75, 3.05) is 5.73 Å². The molecule has 4 nitrogen and oxygen atoms in total. The van der Waals surface area contributed by atoms with Gasteiger partial charge in [-0.15, -0.1) is 0 Å². The number of ether oxygens (including phenoxy) is 1. The maximum atomic E-state index is 12.3. The van der Waals surface area contributed by atoms with Crippen molar-refractivity contribution in [3.63, 3.8) is 0 Å². The van der Waals surface area contributed by atoms with E-state index in [1.807, 2.05) is 20.8 Å². The van der Waals surface area contributed by atoms with Gasteiger partial charge in [-0.1, -0.05) is 12.1 Å². The Balaban J connectivity index is 3.12. The lowest BCUT2D eigenvalue weighted by molar-refractivity contribution is 0.0378. The molecular formula is C15H23NO3S. The first-order chi connectivity index (χ1) is 9.12. The van der Waals surface area contributed by atoms with E-state index in [2.05, 4.69) is 0 Å². The summed E-state index contributed by atoms with van der Waals surface area (Å²) >= 11 is 0. The van der Waals surface area contributed by atoms with Gasteiger partial charge in [0.1, 0.15) is 0 Å². The quantitative estimate of drug-likeness (QED) is 0.685. The number of nitrogens with two attached hydrogens (primary N) is 1. The number of nitrogen functional groups attached to an aromatic ring is 1. The van der Waals surface area contributed by atoms with Gasteiger partial charge < -0.3 is 10.5 Å². The summed E-state index contributed by atoms with van der Waals surface area (Å²) in [6, 6.07) is 5.19. The Bertz CT molecular complexity index is 518. The van der Waals surface area contributed by atoms with Crippen LogP contribution in [-0.4, -0.2) is 21.0 Å². The number of hydrogen-bond donors (Lipinski definition) is 1. The second-order valence-corrected chi connectivity index (χ2v) is 8.14. The van der Waals surface area contributed by atoms with Gasteiger partial charge in [-0.25, -0.2) is 4.79 Å². The smallest absolute Gasteiger partial charge is 0.340 e. The van der Waals surface area contributed by atoms with Crippen LogP contribution in [0.2, 0.25) is 0 Å². The predicted molar refractivity (Wildman–Crippen MR) is 83.0 cm³/mol. The van der Waals surface area contributed by atoms with Gasteiger partial charge in [0.2, 0.25) is 0 Å². The van der Waals surface area contributed by atoms with E-state index in [1.165, 1.54) is 0 Å². The van der Waals surface area contributed by atoms with Crippen LogP contribution in [0.25, 0.3) is 0 Å². The van der Waals surface area contributed by atoms with E-state index in [0.717, 1.165) is 0 Å². The Hall–Kier alpha value is -1.36. The SMILES string of the molecule is CC(C)OC(=O)c1c(N)cccc1CS(=O)C(C)(C)C.